The van der Waals surface area contributed by atoms with Crippen LogP contribution in [0.25, 0.3) is 0 Å². The second-order valence-electron chi connectivity index (χ2n) is 7.59. The van der Waals surface area contributed by atoms with E-state index in [0.717, 1.165) is 24.3 Å². The fraction of sp³-hybridized carbons (Fsp3) is 0.364. The molecule has 1 aromatic rings. The van der Waals surface area contributed by atoms with Crippen LogP contribution in [0.4, 0.5) is 11.4 Å². The number of carbonyl (C=O) groups is 3. The van der Waals surface area contributed by atoms with Crippen LogP contribution in [0, 0.1) is 0 Å². The van der Waals surface area contributed by atoms with Crippen molar-refractivity contribution >= 4 is 57.8 Å². The zero-order valence-corrected chi connectivity index (χ0v) is 18.4. The third-order valence-corrected chi connectivity index (χ3v) is 6.13. The summed E-state index contributed by atoms with van der Waals surface area (Å²) in [7, 11) is 0. The van der Waals surface area contributed by atoms with Crippen LogP contribution in [0.5, 0.6) is 0 Å². The normalized spacial score (nSPS) is 21.8. The molecule has 0 bridgehead atoms. The highest BCUT2D eigenvalue weighted by Gasteiger charge is 2.29. The summed E-state index contributed by atoms with van der Waals surface area (Å²) in [6, 6.07) is 7.37. The maximum atomic E-state index is 12.5. The first-order valence-corrected chi connectivity index (χ1v) is 10.9. The maximum Gasteiger partial charge on any atom is 0.253 e. The second-order valence-corrected chi connectivity index (χ2v) is 8.52. The van der Waals surface area contributed by atoms with Gasteiger partial charge in [0.1, 0.15) is 6.61 Å². The van der Waals surface area contributed by atoms with E-state index in [1.54, 1.807) is 22.0 Å². The van der Waals surface area contributed by atoms with Crippen LogP contribution in [0.15, 0.2) is 47.0 Å². The molecule has 0 radical (unpaired) electrons. The molecule has 2 heterocycles. The molecule has 2 fully saturated rings. The predicted octanol–water partition coefficient (Wildman–Crippen LogP) is 2.48. The van der Waals surface area contributed by atoms with Gasteiger partial charge in [-0.1, -0.05) is 29.9 Å². The van der Waals surface area contributed by atoms with Crippen molar-refractivity contribution in [3.8, 4) is 0 Å². The van der Waals surface area contributed by atoms with Crippen LogP contribution in [0.3, 0.4) is 0 Å². The number of nitrogens with zero attached hydrogens (tertiary/aromatic N) is 2. The standard InChI is InChI=1S/C22H22ClN3O4S/c23-14-3-8-19(31)18(10-14)22(29)24-11-17-12-26(21(28)13-30-17)16-6-4-15(5-7-16)25-9-1-2-20(25)27/h3-7,10,17H,1-2,8-9,11-13H2,(H,24,29). The minimum Gasteiger partial charge on any atom is -0.365 e. The molecule has 2 saturated heterocycles. The lowest BCUT2D eigenvalue weighted by molar-refractivity contribution is -0.129. The maximum absolute atomic E-state index is 12.5. The number of amides is 3. The Bertz CT molecular complexity index is 989. The summed E-state index contributed by atoms with van der Waals surface area (Å²) in [5.74, 6) is -0.334. The number of rotatable bonds is 5. The van der Waals surface area contributed by atoms with E-state index in [9.17, 15) is 14.4 Å². The molecule has 1 unspecified atom stereocenters. The SMILES string of the molecule is O=C(NCC1CN(c2ccc(N3CCCC3=O)cc2)C(=O)CO1)C1=CC(Cl)=CCC1=S. The summed E-state index contributed by atoms with van der Waals surface area (Å²) in [5.41, 5.74) is 1.95. The molecule has 1 N–H and O–H groups in total. The average Bonchev–Trinajstić information content (AvgIpc) is 3.20. The largest absolute Gasteiger partial charge is 0.365 e. The van der Waals surface area contributed by atoms with Crippen molar-refractivity contribution in [2.75, 3.05) is 36.0 Å². The Labute approximate surface area is 190 Å². The van der Waals surface area contributed by atoms with E-state index in [1.807, 2.05) is 24.3 Å². The van der Waals surface area contributed by atoms with Crippen molar-refractivity contribution in [3.05, 3.63) is 47.0 Å². The van der Waals surface area contributed by atoms with Crippen LogP contribution in [0.2, 0.25) is 0 Å². The second kappa shape index (κ2) is 9.30. The zero-order chi connectivity index (χ0) is 22.0. The Kier molecular flexibility index (Phi) is 6.50. The van der Waals surface area contributed by atoms with Gasteiger partial charge in [-0.2, -0.15) is 0 Å². The molecular formula is C22H22ClN3O4S. The number of hydrogen-bond donors (Lipinski definition) is 1. The van der Waals surface area contributed by atoms with E-state index in [4.69, 9.17) is 28.6 Å². The molecule has 3 amide bonds. The van der Waals surface area contributed by atoms with E-state index in [1.165, 1.54) is 0 Å². The summed E-state index contributed by atoms with van der Waals surface area (Å²) in [6.07, 6.45) is 4.87. The highest BCUT2D eigenvalue weighted by Crippen LogP contribution is 2.26. The van der Waals surface area contributed by atoms with Crippen molar-refractivity contribution in [1.82, 2.24) is 5.32 Å². The first kappa shape index (κ1) is 21.7. The molecule has 1 aromatic carbocycles. The summed E-state index contributed by atoms with van der Waals surface area (Å²) in [6.45, 7) is 1.20. The smallest absolute Gasteiger partial charge is 0.253 e. The summed E-state index contributed by atoms with van der Waals surface area (Å²) >= 11 is 11.2. The Morgan fingerprint density at radius 3 is 2.55 bits per heavy atom. The van der Waals surface area contributed by atoms with Gasteiger partial charge < -0.3 is 19.9 Å². The Morgan fingerprint density at radius 2 is 1.87 bits per heavy atom. The summed E-state index contributed by atoms with van der Waals surface area (Å²) in [5, 5.41) is 3.31. The van der Waals surface area contributed by atoms with Crippen LogP contribution < -0.4 is 15.1 Å². The van der Waals surface area contributed by atoms with Gasteiger partial charge in [-0.3, -0.25) is 14.4 Å². The number of benzene rings is 1. The van der Waals surface area contributed by atoms with Gasteiger partial charge in [0.05, 0.1) is 18.2 Å². The highest BCUT2D eigenvalue weighted by molar-refractivity contribution is 7.81. The molecule has 0 aromatic heterocycles. The molecule has 3 aliphatic rings. The van der Waals surface area contributed by atoms with Gasteiger partial charge in [0.2, 0.25) is 5.91 Å². The number of halogens is 1. The Morgan fingerprint density at radius 1 is 1.16 bits per heavy atom. The van der Waals surface area contributed by atoms with Crippen molar-refractivity contribution < 1.29 is 19.1 Å². The predicted molar refractivity (Wildman–Crippen MR) is 122 cm³/mol. The van der Waals surface area contributed by atoms with E-state index >= 15 is 0 Å². The Balaban J connectivity index is 1.37. The van der Waals surface area contributed by atoms with Gasteiger partial charge in [-0.25, -0.2) is 0 Å². The number of anilines is 2. The van der Waals surface area contributed by atoms with Crippen molar-refractivity contribution in [3.63, 3.8) is 0 Å². The van der Waals surface area contributed by atoms with E-state index in [-0.39, 0.29) is 37.0 Å². The Hall–Kier alpha value is -2.55. The van der Waals surface area contributed by atoms with Gasteiger partial charge in [0.25, 0.3) is 11.8 Å². The van der Waals surface area contributed by atoms with Crippen molar-refractivity contribution in [2.24, 2.45) is 0 Å². The molecule has 4 rings (SSSR count). The molecule has 9 heteroatoms. The first-order chi connectivity index (χ1) is 14.9. The number of allylic oxidation sites excluding steroid dienone is 3. The van der Waals surface area contributed by atoms with E-state index in [2.05, 4.69) is 5.32 Å². The van der Waals surface area contributed by atoms with E-state index in [0.29, 0.717) is 34.9 Å². The van der Waals surface area contributed by atoms with Crippen molar-refractivity contribution in [2.45, 2.75) is 25.4 Å². The van der Waals surface area contributed by atoms with E-state index < -0.39 is 0 Å². The van der Waals surface area contributed by atoms with Gasteiger partial charge in [0, 0.05) is 47.2 Å². The van der Waals surface area contributed by atoms with Crippen LogP contribution in [-0.2, 0) is 19.1 Å². The molecule has 2 aliphatic heterocycles. The molecule has 1 atom stereocenters. The number of ether oxygens (including phenoxy) is 1. The fourth-order valence-corrected chi connectivity index (χ4v) is 4.22. The lowest BCUT2D eigenvalue weighted by atomic mass is 10.0. The highest BCUT2D eigenvalue weighted by atomic mass is 35.5. The van der Waals surface area contributed by atoms with Crippen LogP contribution in [-0.4, -0.2) is 54.9 Å². The third kappa shape index (κ3) is 4.87. The van der Waals surface area contributed by atoms with Crippen molar-refractivity contribution in [1.29, 1.82) is 0 Å². The lowest BCUT2D eigenvalue weighted by Gasteiger charge is -2.33. The average molecular weight is 460 g/mol. The molecule has 0 spiro atoms. The topological polar surface area (TPSA) is 79.0 Å². The molecule has 0 saturated carbocycles. The van der Waals surface area contributed by atoms with Gasteiger partial charge in [-0.15, -0.1) is 0 Å². The lowest BCUT2D eigenvalue weighted by Crippen LogP contribution is -2.51. The van der Waals surface area contributed by atoms with Crippen LogP contribution in [0.1, 0.15) is 19.3 Å². The minimum absolute atomic E-state index is 0.0669. The monoisotopic (exact) mass is 459 g/mol. The number of thiocarbonyl (C=S) groups is 1. The van der Waals surface area contributed by atoms with Crippen LogP contribution >= 0.6 is 23.8 Å². The van der Waals surface area contributed by atoms with Gasteiger partial charge in [-0.05, 0) is 36.8 Å². The fourth-order valence-electron chi connectivity index (χ4n) is 3.80. The van der Waals surface area contributed by atoms with Gasteiger partial charge >= 0.3 is 0 Å². The molecule has 7 nitrogen and oxygen atoms in total. The molecule has 162 valence electrons. The number of nitrogens with one attached hydrogen (secondary N) is 1. The quantitative estimate of drug-likeness (QED) is 0.684. The van der Waals surface area contributed by atoms with Gasteiger partial charge in [0.15, 0.2) is 0 Å². The summed E-state index contributed by atoms with van der Waals surface area (Å²) in [4.78, 5) is 40.7. The molecule has 1 aliphatic carbocycles. The minimum atomic E-state index is -0.356. The third-order valence-electron chi connectivity index (χ3n) is 5.48. The number of carbonyl (C=O) groups excluding carboxylic acids is 3. The first-order valence-electron chi connectivity index (χ1n) is 10.1. The summed E-state index contributed by atoms with van der Waals surface area (Å²) < 4.78 is 5.60. The molecular weight excluding hydrogens is 438 g/mol. The zero-order valence-electron chi connectivity index (χ0n) is 16.8. The number of hydrogen-bond acceptors (Lipinski definition) is 5. The molecule has 31 heavy (non-hydrogen) atoms. The number of morpholine rings is 1.